The Labute approximate surface area is 333 Å². The van der Waals surface area contributed by atoms with Gasteiger partial charge in [0.15, 0.2) is 17.5 Å². The molecule has 0 amide bonds. The highest BCUT2D eigenvalue weighted by Gasteiger charge is 2.21. The second-order valence-corrected chi connectivity index (χ2v) is 14.8. The third kappa shape index (κ3) is 5.00. The Morgan fingerprint density at radius 2 is 0.897 bits per heavy atom. The zero-order chi connectivity index (χ0) is 38.2. The quantitative estimate of drug-likeness (QED) is 0.177. The molecule has 5 heteroatoms. The van der Waals surface area contributed by atoms with Crippen molar-refractivity contribution in [3.8, 4) is 45.5 Å². The molecule has 0 N–H and O–H groups in total. The summed E-state index contributed by atoms with van der Waals surface area (Å²) in [6.45, 7) is 0. The van der Waals surface area contributed by atoms with Crippen LogP contribution in [-0.2, 0) is 0 Å². The molecule has 58 heavy (non-hydrogen) atoms. The minimum atomic E-state index is 0.645. The van der Waals surface area contributed by atoms with Crippen LogP contribution in [0.4, 0.5) is 0 Å². The van der Waals surface area contributed by atoms with Crippen molar-refractivity contribution >= 4 is 65.2 Å². The zero-order valence-electron chi connectivity index (χ0n) is 31.3. The van der Waals surface area contributed by atoms with Crippen molar-refractivity contribution < 1.29 is 0 Å². The largest absolute Gasteiger partial charge is 0.309 e. The third-order valence-electron chi connectivity index (χ3n) is 11.5. The summed E-state index contributed by atoms with van der Waals surface area (Å²) in [6, 6.07) is 71.0. The predicted molar refractivity (Wildman–Crippen MR) is 240 cm³/mol. The number of hydrogen-bond donors (Lipinski definition) is 0. The second kappa shape index (κ2) is 12.8. The molecular formula is C53H33N5. The molecule has 0 aliphatic heterocycles. The van der Waals surface area contributed by atoms with E-state index in [9.17, 15) is 0 Å². The van der Waals surface area contributed by atoms with Gasteiger partial charge in [0.1, 0.15) is 0 Å². The fourth-order valence-corrected chi connectivity index (χ4v) is 8.92. The van der Waals surface area contributed by atoms with E-state index < -0.39 is 0 Å². The lowest BCUT2D eigenvalue weighted by Gasteiger charge is -2.13. The van der Waals surface area contributed by atoms with Gasteiger partial charge in [0.05, 0.1) is 22.1 Å². The molecule has 9 aromatic carbocycles. The molecule has 12 rings (SSSR count). The van der Waals surface area contributed by atoms with Crippen LogP contribution in [-0.4, -0.2) is 24.1 Å². The number of para-hydroxylation sites is 2. The Balaban J connectivity index is 1.09. The summed E-state index contributed by atoms with van der Waals surface area (Å²) >= 11 is 0. The molecular weight excluding hydrogens is 707 g/mol. The highest BCUT2D eigenvalue weighted by atomic mass is 15.0. The third-order valence-corrected chi connectivity index (χ3v) is 11.5. The van der Waals surface area contributed by atoms with E-state index in [1.54, 1.807) is 0 Å². The molecule has 0 atom stereocenters. The first-order valence-electron chi connectivity index (χ1n) is 19.6. The van der Waals surface area contributed by atoms with Crippen LogP contribution in [0.15, 0.2) is 200 Å². The van der Waals surface area contributed by atoms with Crippen LogP contribution >= 0.6 is 0 Å². The Hall–Kier alpha value is -7.89. The molecule has 3 heterocycles. The van der Waals surface area contributed by atoms with Gasteiger partial charge in [-0.3, -0.25) is 0 Å². The first-order valence-corrected chi connectivity index (χ1v) is 19.6. The normalized spacial score (nSPS) is 11.8. The molecule has 0 spiro atoms. The topological polar surface area (TPSA) is 48.5 Å². The minimum absolute atomic E-state index is 0.645. The van der Waals surface area contributed by atoms with Crippen LogP contribution in [0.1, 0.15) is 0 Å². The van der Waals surface area contributed by atoms with E-state index in [2.05, 4.69) is 149 Å². The number of benzene rings is 9. The van der Waals surface area contributed by atoms with E-state index in [1.165, 1.54) is 48.9 Å². The maximum Gasteiger partial charge on any atom is 0.164 e. The number of fused-ring (bicyclic) bond motifs is 9. The minimum Gasteiger partial charge on any atom is -0.309 e. The van der Waals surface area contributed by atoms with Crippen molar-refractivity contribution in [2.24, 2.45) is 0 Å². The summed E-state index contributed by atoms with van der Waals surface area (Å²) < 4.78 is 4.85. The molecule has 3 aromatic heterocycles. The Kier molecular flexibility index (Phi) is 7.16. The fourth-order valence-electron chi connectivity index (χ4n) is 8.92. The van der Waals surface area contributed by atoms with Gasteiger partial charge >= 0.3 is 0 Å². The van der Waals surface area contributed by atoms with Gasteiger partial charge in [-0.05, 0) is 70.1 Å². The Morgan fingerprint density at radius 3 is 1.66 bits per heavy atom. The SMILES string of the molecule is c1ccc(-c2nc(-c3ccccc3)nc(-c3cccc4cc(-n5c6ccccc6c6cc7c8c9ccccc9ccc8n(-c8ccccc8)c7cc65)ccc34)n2)cc1. The average Bonchev–Trinajstić information content (AvgIpc) is 3.80. The van der Waals surface area contributed by atoms with Crippen LogP contribution in [0.3, 0.4) is 0 Å². The van der Waals surface area contributed by atoms with Crippen molar-refractivity contribution in [2.75, 3.05) is 0 Å². The zero-order valence-corrected chi connectivity index (χ0v) is 31.3. The van der Waals surface area contributed by atoms with Crippen LogP contribution < -0.4 is 0 Å². The maximum atomic E-state index is 5.07. The van der Waals surface area contributed by atoms with Gasteiger partial charge < -0.3 is 9.13 Å². The summed E-state index contributed by atoms with van der Waals surface area (Å²) in [5.74, 6) is 1.94. The second-order valence-electron chi connectivity index (χ2n) is 14.8. The summed E-state index contributed by atoms with van der Waals surface area (Å²) in [7, 11) is 0. The Bertz CT molecular complexity index is 3490. The molecule has 0 saturated heterocycles. The van der Waals surface area contributed by atoms with Gasteiger partial charge in [-0.1, -0.05) is 152 Å². The van der Waals surface area contributed by atoms with Crippen molar-refractivity contribution in [1.29, 1.82) is 0 Å². The molecule has 0 aliphatic carbocycles. The molecule has 0 fully saturated rings. The van der Waals surface area contributed by atoms with Crippen LogP contribution in [0.2, 0.25) is 0 Å². The molecule has 0 unspecified atom stereocenters. The van der Waals surface area contributed by atoms with E-state index in [0.717, 1.165) is 44.4 Å². The van der Waals surface area contributed by atoms with Crippen molar-refractivity contribution in [3.05, 3.63) is 200 Å². The Morgan fingerprint density at radius 1 is 0.293 bits per heavy atom. The number of aromatic nitrogens is 5. The van der Waals surface area contributed by atoms with Gasteiger partial charge in [-0.15, -0.1) is 0 Å². The van der Waals surface area contributed by atoms with E-state index in [4.69, 9.17) is 15.0 Å². The molecule has 12 aromatic rings. The summed E-state index contributed by atoms with van der Waals surface area (Å²) in [5, 5.41) is 9.66. The van der Waals surface area contributed by atoms with Crippen molar-refractivity contribution in [2.45, 2.75) is 0 Å². The molecule has 5 nitrogen and oxygen atoms in total. The first-order chi connectivity index (χ1) is 28.8. The van der Waals surface area contributed by atoms with E-state index in [-0.39, 0.29) is 0 Å². The standard InChI is InChI=1S/C53H33N5/c1-4-16-35(17-5-1)51-54-52(36-18-6-2-7-19-36)56-53(55-51)43-25-14-20-37-31-39(28-29-40(37)43)58-46-26-13-12-24-42(46)44-32-45-49(33-48(44)58)57(38-21-8-3-9-22-38)47-30-27-34-15-10-11-23-41(34)50(45)47/h1-33H. The highest BCUT2D eigenvalue weighted by Crippen LogP contribution is 2.42. The summed E-state index contributed by atoms with van der Waals surface area (Å²) in [5.41, 5.74) is 9.79. The number of nitrogens with zero attached hydrogens (tertiary/aromatic N) is 5. The highest BCUT2D eigenvalue weighted by molar-refractivity contribution is 6.25. The maximum absolute atomic E-state index is 5.07. The molecule has 270 valence electrons. The summed E-state index contributed by atoms with van der Waals surface area (Å²) in [4.78, 5) is 15.1. The van der Waals surface area contributed by atoms with E-state index >= 15 is 0 Å². The van der Waals surface area contributed by atoms with E-state index in [0.29, 0.717) is 17.5 Å². The van der Waals surface area contributed by atoms with Gasteiger partial charge in [0.2, 0.25) is 0 Å². The monoisotopic (exact) mass is 739 g/mol. The molecule has 0 radical (unpaired) electrons. The van der Waals surface area contributed by atoms with Gasteiger partial charge in [0, 0.05) is 49.6 Å². The first kappa shape index (κ1) is 32.4. The van der Waals surface area contributed by atoms with Crippen LogP contribution in [0.25, 0.3) is 111 Å². The number of hydrogen-bond acceptors (Lipinski definition) is 3. The van der Waals surface area contributed by atoms with Gasteiger partial charge in [-0.2, -0.15) is 0 Å². The molecule has 0 bridgehead atoms. The predicted octanol–water partition coefficient (Wildman–Crippen LogP) is 13.4. The lowest BCUT2D eigenvalue weighted by molar-refractivity contribution is 1.08. The molecule has 0 saturated carbocycles. The van der Waals surface area contributed by atoms with Crippen LogP contribution in [0, 0.1) is 0 Å². The van der Waals surface area contributed by atoms with Gasteiger partial charge in [0.25, 0.3) is 0 Å². The van der Waals surface area contributed by atoms with Crippen molar-refractivity contribution in [3.63, 3.8) is 0 Å². The van der Waals surface area contributed by atoms with Crippen molar-refractivity contribution in [1.82, 2.24) is 24.1 Å². The van der Waals surface area contributed by atoms with Crippen LogP contribution in [0.5, 0.6) is 0 Å². The average molecular weight is 740 g/mol. The van der Waals surface area contributed by atoms with Gasteiger partial charge in [-0.25, -0.2) is 15.0 Å². The summed E-state index contributed by atoms with van der Waals surface area (Å²) in [6.07, 6.45) is 0. The molecule has 0 aliphatic rings. The fraction of sp³-hybridized carbons (Fsp3) is 0. The van der Waals surface area contributed by atoms with E-state index in [1.807, 2.05) is 60.7 Å². The smallest absolute Gasteiger partial charge is 0.164 e. The lowest BCUT2D eigenvalue weighted by atomic mass is 10.0. The number of rotatable bonds is 5. The lowest BCUT2D eigenvalue weighted by Crippen LogP contribution is -2.00.